The van der Waals surface area contributed by atoms with Crippen LogP contribution < -0.4 is 10.1 Å². The number of nitrogens with zero attached hydrogens (tertiary/aromatic N) is 6. The van der Waals surface area contributed by atoms with Crippen molar-refractivity contribution >= 4 is 11.0 Å². The van der Waals surface area contributed by atoms with Crippen LogP contribution in [0.15, 0.2) is 84.6 Å². The first-order valence-electron chi connectivity index (χ1n) is 17.1. The summed E-state index contributed by atoms with van der Waals surface area (Å²) in [5, 5.41) is 18.4. The first-order chi connectivity index (χ1) is 23.2. The van der Waals surface area contributed by atoms with E-state index in [4.69, 9.17) is 9.72 Å². The topological polar surface area (TPSA) is 96.8 Å². The molecule has 1 saturated heterocycles. The molecule has 9 heteroatoms. The highest BCUT2D eigenvalue weighted by Gasteiger charge is 2.26. The molecule has 0 saturated carbocycles. The Bertz CT molecular complexity index is 1850. The predicted molar refractivity (Wildman–Crippen MR) is 187 cm³/mol. The van der Waals surface area contributed by atoms with Gasteiger partial charge in [-0.15, -0.1) is 10.2 Å². The summed E-state index contributed by atoms with van der Waals surface area (Å²) >= 11 is 0. The van der Waals surface area contributed by atoms with Gasteiger partial charge in [0.05, 0.1) is 24.8 Å². The quantitative estimate of drug-likeness (QED) is 0.126. The normalized spacial score (nSPS) is 15.7. The van der Waals surface area contributed by atoms with E-state index in [0.29, 0.717) is 18.5 Å². The summed E-state index contributed by atoms with van der Waals surface area (Å²) in [7, 11) is 0. The second-order valence-electron chi connectivity index (χ2n) is 12.6. The number of aryl methyl sites for hydroxylation is 2. The summed E-state index contributed by atoms with van der Waals surface area (Å²) in [6.45, 7) is 7.87. The summed E-state index contributed by atoms with van der Waals surface area (Å²) in [5.74, 6) is 2.64. The molecule has 2 aromatic heterocycles. The number of hydrogen-bond donors (Lipinski definition) is 2. The van der Waals surface area contributed by atoms with Crippen LogP contribution >= 0.6 is 0 Å². The summed E-state index contributed by atoms with van der Waals surface area (Å²) in [5.41, 5.74) is 9.14. The smallest absolute Gasteiger partial charge is 0.205 e. The lowest BCUT2D eigenvalue weighted by Crippen LogP contribution is -2.22. The monoisotopic (exact) mass is 628 g/mol. The molecule has 3 heterocycles. The maximum Gasteiger partial charge on any atom is 0.205 e. The molecule has 2 N–H and O–H groups in total. The third-order valence-electron chi connectivity index (χ3n) is 9.37. The second kappa shape index (κ2) is 14.3. The van der Waals surface area contributed by atoms with E-state index in [-0.39, 0.29) is 0 Å². The molecule has 7 rings (SSSR count). The lowest BCUT2D eigenvalue weighted by Gasteiger charge is -2.22. The molecular weight excluding hydrogens is 584 g/mol. The molecular formula is C38H44N8O. The Hall–Kier alpha value is -4.76. The SMILES string of the molecule is CCCCc1nc2c(C)ccc(OCCCCCN3CNC4CC=CC=C43)c2n1Cc1ccc(-c2ccccc2-c2nn[nH]n2)cc1. The number of fused-ring (bicyclic) bond motifs is 2. The number of allylic oxidation sites excluding steroid dienone is 2. The van der Waals surface area contributed by atoms with Gasteiger partial charge in [0.1, 0.15) is 17.1 Å². The minimum absolute atomic E-state index is 0.497. The number of rotatable bonds is 14. The van der Waals surface area contributed by atoms with Crippen LogP contribution in [0.3, 0.4) is 0 Å². The fourth-order valence-corrected chi connectivity index (χ4v) is 6.79. The van der Waals surface area contributed by atoms with Crippen molar-refractivity contribution in [3.05, 3.63) is 102 Å². The third kappa shape index (κ3) is 6.72. The summed E-state index contributed by atoms with van der Waals surface area (Å²) < 4.78 is 8.91. The fourth-order valence-electron chi connectivity index (χ4n) is 6.79. The molecule has 0 radical (unpaired) electrons. The lowest BCUT2D eigenvalue weighted by atomic mass is 9.98. The molecule has 9 nitrogen and oxygen atoms in total. The van der Waals surface area contributed by atoms with Crippen molar-refractivity contribution in [2.45, 2.75) is 71.4 Å². The minimum atomic E-state index is 0.497. The van der Waals surface area contributed by atoms with Crippen LogP contribution in [-0.2, 0) is 13.0 Å². The van der Waals surface area contributed by atoms with Crippen molar-refractivity contribution < 1.29 is 4.74 Å². The maximum atomic E-state index is 6.53. The van der Waals surface area contributed by atoms with Crippen molar-refractivity contribution in [3.63, 3.8) is 0 Å². The van der Waals surface area contributed by atoms with Crippen molar-refractivity contribution in [2.75, 3.05) is 19.8 Å². The zero-order valence-electron chi connectivity index (χ0n) is 27.5. The van der Waals surface area contributed by atoms with Crippen LogP contribution in [0.5, 0.6) is 5.75 Å². The summed E-state index contributed by atoms with van der Waals surface area (Å²) in [4.78, 5) is 7.68. The van der Waals surface area contributed by atoms with Crippen LogP contribution in [0, 0.1) is 6.92 Å². The molecule has 1 unspecified atom stereocenters. The minimum Gasteiger partial charge on any atom is -0.491 e. The summed E-state index contributed by atoms with van der Waals surface area (Å²) in [6, 6.07) is 21.7. The van der Waals surface area contributed by atoms with Crippen molar-refractivity contribution in [3.8, 4) is 28.3 Å². The molecule has 3 aromatic carbocycles. The number of ether oxygens (including phenoxy) is 1. The molecule has 0 amide bonds. The van der Waals surface area contributed by atoms with E-state index in [1.807, 2.05) is 18.2 Å². The number of nitrogens with one attached hydrogen (secondary N) is 2. The van der Waals surface area contributed by atoms with Crippen molar-refractivity contribution in [2.24, 2.45) is 0 Å². The zero-order chi connectivity index (χ0) is 32.0. The summed E-state index contributed by atoms with van der Waals surface area (Å²) in [6.07, 6.45) is 14.3. The molecule has 0 bridgehead atoms. The second-order valence-corrected chi connectivity index (χ2v) is 12.6. The first kappa shape index (κ1) is 30.9. The first-order valence-corrected chi connectivity index (χ1v) is 17.1. The van der Waals surface area contributed by atoms with Crippen LogP contribution in [0.25, 0.3) is 33.5 Å². The standard InChI is InChI=1S/C38H44N8O/c1-3-4-16-35-40-36-27(2)17-22-34(47-24-11-5-10-23-45-26-39-32-14-8-9-15-33(32)45)37(36)46(35)25-28-18-20-29(21-19-28)30-12-6-7-13-31(30)38-41-43-44-42-38/h6-9,12-13,15,17-22,32,39H,3-5,10-11,14,16,23-26H2,1-2H3,(H,41,42,43,44). The Morgan fingerprint density at radius 2 is 1.83 bits per heavy atom. The van der Waals surface area contributed by atoms with E-state index in [2.05, 4.69) is 110 Å². The zero-order valence-corrected chi connectivity index (χ0v) is 27.5. The Kier molecular flexibility index (Phi) is 9.42. The van der Waals surface area contributed by atoms with Gasteiger partial charge >= 0.3 is 0 Å². The van der Waals surface area contributed by atoms with Gasteiger partial charge in [-0.25, -0.2) is 4.98 Å². The molecule has 242 valence electrons. The number of hydrogen-bond acceptors (Lipinski definition) is 7. The largest absolute Gasteiger partial charge is 0.491 e. The maximum absolute atomic E-state index is 6.53. The molecule has 0 spiro atoms. The van der Waals surface area contributed by atoms with E-state index in [0.717, 1.165) is 104 Å². The third-order valence-corrected chi connectivity index (χ3v) is 9.37. The highest BCUT2D eigenvalue weighted by Crippen LogP contribution is 2.33. The molecule has 1 aliphatic heterocycles. The Morgan fingerprint density at radius 3 is 2.66 bits per heavy atom. The van der Waals surface area contributed by atoms with Gasteiger partial charge in [0.15, 0.2) is 0 Å². The van der Waals surface area contributed by atoms with Gasteiger partial charge in [-0.05, 0) is 78.6 Å². The Labute approximate surface area is 276 Å². The Morgan fingerprint density at radius 1 is 0.957 bits per heavy atom. The van der Waals surface area contributed by atoms with Crippen LogP contribution in [0.4, 0.5) is 0 Å². The average Bonchev–Trinajstić information content (AvgIpc) is 3.87. The van der Waals surface area contributed by atoms with Gasteiger partial charge in [0.2, 0.25) is 5.82 Å². The van der Waals surface area contributed by atoms with E-state index >= 15 is 0 Å². The molecule has 1 atom stereocenters. The average molecular weight is 629 g/mol. The number of imidazole rings is 1. The van der Waals surface area contributed by atoms with E-state index in [1.54, 1.807) is 0 Å². The molecule has 2 aliphatic rings. The van der Waals surface area contributed by atoms with Crippen LogP contribution in [0.2, 0.25) is 0 Å². The number of aromatic nitrogens is 6. The number of H-pyrrole nitrogens is 1. The number of tetrazole rings is 1. The highest BCUT2D eigenvalue weighted by molar-refractivity contribution is 5.86. The Balaban J connectivity index is 1.06. The molecule has 1 fully saturated rings. The highest BCUT2D eigenvalue weighted by atomic mass is 16.5. The molecule has 1 aliphatic carbocycles. The van der Waals surface area contributed by atoms with Gasteiger partial charge < -0.3 is 14.2 Å². The van der Waals surface area contributed by atoms with E-state index < -0.39 is 0 Å². The molecule has 5 aromatic rings. The number of unbranched alkanes of at least 4 members (excludes halogenated alkanes) is 3. The van der Waals surface area contributed by atoms with Crippen LogP contribution in [0.1, 0.15) is 62.4 Å². The van der Waals surface area contributed by atoms with Crippen molar-refractivity contribution in [1.82, 2.24) is 40.4 Å². The number of aromatic amines is 1. The van der Waals surface area contributed by atoms with Crippen molar-refractivity contribution in [1.29, 1.82) is 0 Å². The molecule has 47 heavy (non-hydrogen) atoms. The van der Waals surface area contributed by atoms with Gasteiger partial charge in [-0.1, -0.05) is 80.1 Å². The van der Waals surface area contributed by atoms with E-state index in [1.165, 1.54) is 16.8 Å². The van der Waals surface area contributed by atoms with Gasteiger partial charge in [-0.2, -0.15) is 5.21 Å². The number of benzene rings is 3. The van der Waals surface area contributed by atoms with E-state index in [9.17, 15) is 0 Å². The van der Waals surface area contributed by atoms with Crippen LogP contribution in [-0.4, -0.2) is 60.9 Å². The lowest BCUT2D eigenvalue weighted by molar-refractivity contribution is 0.299. The predicted octanol–water partition coefficient (Wildman–Crippen LogP) is 7.21. The fraction of sp³-hybridized carbons (Fsp3) is 0.368. The van der Waals surface area contributed by atoms with Gasteiger partial charge in [0.25, 0.3) is 0 Å². The van der Waals surface area contributed by atoms with Gasteiger partial charge in [0, 0.05) is 30.8 Å². The van der Waals surface area contributed by atoms with Gasteiger partial charge in [-0.3, -0.25) is 5.32 Å².